The predicted octanol–water partition coefficient (Wildman–Crippen LogP) is 2.84. The average molecular weight is 395 g/mol. The number of benzene rings is 2. The van der Waals surface area contributed by atoms with Crippen LogP contribution in [0.3, 0.4) is 0 Å². The number of anilines is 2. The number of rotatable bonds is 6. The lowest BCUT2D eigenvalue weighted by Crippen LogP contribution is -2.46. The summed E-state index contributed by atoms with van der Waals surface area (Å²) >= 11 is 0. The van der Waals surface area contributed by atoms with Crippen molar-refractivity contribution in [1.29, 1.82) is 0 Å². The van der Waals surface area contributed by atoms with Gasteiger partial charge in [0.25, 0.3) is 11.8 Å². The van der Waals surface area contributed by atoms with Gasteiger partial charge in [0.05, 0.1) is 5.69 Å². The number of carbonyl (C=O) groups excluding carboxylic acids is 3. The summed E-state index contributed by atoms with van der Waals surface area (Å²) in [6.45, 7) is 6.64. The van der Waals surface area contributed by atoms with Crippen molar-refractivity contribution in [2.45, 2.75) is 20.8 Å². The second-order valence-corrected chi connectivity index (χ2v) is 6.79. The summed E-state index contributed by atoms with van der Waals surface area (Å²) in [6.07, 6.45) is 0. The second-order valence-electron chi connectivity index (χ2n) is 6.79. The lowest BCUT2D eigenvalue weighted by Gasteiger charge is -2.31. The van der Waals surface area contributed by atoms with Gasteiger partial charge in [-0.2, -0.15) is 0 Å². The molecular formula is C22H25N3O4. The minimum Gasteiger partial charge on any atom is -0.482 e. The highest BCUT2D eigenvalue weighted by atomic mass is 16.5. The van der Waals surface area contributed by atoms with Crippen LogP contribution in [0.1, 0.15) is 29.8 Å². The molecule has 3 rings (SSSR count). The first kappa shape index (κ1) is 20.4. The molecular weight excluding hydrogens is 370 g/mol. The molecule has 0 spiro atoms. The van der Waals surface area contributed by atoms with Gasteiger partial charge in [-0.15, -0.1) is 0 Å². The predicted molar refractivity (Wildman–Crippen MR) is 111 cm³/mol. The number of carbonyl (C=O) groups is 3. The molecule has 0 radical (unpaired) electrons. The van der Waals surface area contributed by atoms with Crippen LogP contribution >= 0.6 is 0 Å². The number of hydrogen-bond donors (Lipinski definition) is 1. The number of fused-ring (bicyclic) bond motifs is 1. The maximum absolute atomic E-state index is 12.6. The fraction of sp³-hybridized carbons (Fsp3) is 0.318. The Morgan fingerprint density at radius 1 is 1.14 bits per heavy atom. The van der Waals surface area contributed by atoms with Crippen LogP contribution in [0.25, 0.3) is 0 Å². The number of ether oxygens (including phenoxy) is 1. The van der Waals surface area contributed by atoms with Gasteiger partial charge in [0.2, 0.25) is 5.91 Å². The second kappa shape index (κ2) is 8.77. The zero-order valence-corrected chi connectivity index (χ0v) is 16.9. The van der Waals surface area contributed by atoms with Crippen molar-refractivity contribution in [3.05, 3.63) is 53.6 Å². The van der Waals surface area contributed by atoms with Crippen LogP contribution in [0.15, 0.2) is 42.5 Å². The molecule has 1 N–H and O–H groups in total. The van der Waals surface area contributed by atoms with E-state index in [1.807, 2.05) is 39.0 Å². The Morgan fingerprint density at radius 2 is 1.86 bits per heavy atom. The van der Waals surface area contributed by atoms with Crippen molar-refractivity contribution in [3.63, 3.8) is 0 Å². The Hall–Kier alpha value is -3.35. The van der Waals surface area contributed by atoms with Gasteiger partial charge in [-0.1, -0.05) is 18.2 Å². The number of amides is 3. The fourth-order valence-electron chi connectivity index (χ4n) is 3.29. The number of nitrogens with one attached hydrogen (secondary N) is 1. The van der Waals surface area contributed by atoms with Crippen LogP contribution in [-0.4, -0.2) is 48.9 Å². The summed E-state index contributed by atoms with van der Waals surface area (Å²) in [4.78, 5) is 40.7. The molecule has 1 aliphatic rings. The Labute approximate surface area is 170 Å². The third-order valence-electron chi connectivity index (χ3n) is 4.96. The van der Waals surface area contributed by atoms with E-state index in [0.717, 1.165) is 5.56 Å². The molecule has 0 aromatic heterocycles. The van der Waals surface area contributed by atoms with Crippen LogP contribution in [0, 0.1) is 6.92 Å². The van der Waals surface area contributed by atoms with E-state index in [0.29, 0.717) is 35.8 Å². The van der Waals surface area contributed by atoms with Gasteiger partial charge < -0.3 is 15.0 Å². The average Bonchev–Trinajstić information content (AvgIpc) is 2.71. The summed E-state index contributed by atoms with van der Waals surface area (Å²) in [5.41, 5.74) is 2.44. The van der Waals surface area contributed by atoms with Crippen molar-refractivity contribution < 1.29 is 19.1 Å². The molecule has 0 fully saturated rings. The van der Waals surface area contributed by atoms with Gasteiger partial charge in [0.1, 0.15) is 12.3 Å². The highest BCUT2D eigenvalue weighted by Gasteiger charge is 2.29. The lowest BCUT2D eigenvalue weighted by molar-refractivity contribution is -0.131. The van der Waals surface area contributed by atoms with Crippen LogP contribution < -0.4 is 15.0 Å². The van der Waals surface area contributed by atoms with Gasteiger partial charge in [0, 0.05) is 24.3 Å². The number of likely N-dealkylation sites (N-methyl/N-ethyl adjacent to an activating group) is 1. The molecule has 0 atom stereocenters. The van der Waals surface area contributed by atoms with Gasteiger partial charge in [-0.05, 0) is 50.6 Å². The van der Waals surface area contributed by atoms with Gasteiger partial charge in [-0.25, -0.2) is 0 Å². The van der Waals surface area contributed by atoms with Crippen molar-refractivity contribution in [3.8, 4) is 5.75 Å². The van der Waals surface area contributed by atoms with E-state index in [-0.39, 0.29) is 30.9 Å². The summed E-state index contributed by atoms with van der Waals surface area (Å²) in [6, 6.07) is 12.4. The molecule has 0 aliphatic carbocycles. The first-order chi connectivity index (χ1) is 13.9. The van der Waals surface area contributed by atoms with E-state index >= 15 is 0 Å². The summed E-state index contributed by atoms with van der Waals surface area (Å²) in [5, 5.41) is 2.86. The molecule has 2 aromatic rings. The van der Waals surface area contributed by atoms with Crippen LogP contribution in [0.5, 0.6) is 5.75 Å². The molecule has 3 amide bonds. The molecule has 0 saturated heterocycles. The molecule has 7 heteroatoms. The molecule has 0 saturated carbocycles. The zero-order chi connectivity index (χ0) is 21.0. The van der Waals surface area contributed by atoms with Gasteiger partial charge in [-0.3, -0.25) is 19.3 Å². The normalized spacial score (nSPS) is 12.8. The van der Waals surface area contributed by atoms with Crippen LogP contribution in [0.4, 0.5) is 11.4 Å². The van der Waals surface area contributed by atoms with E-state index in [9.17, 15) is 14.4 Å². The van der Waals surface area contributed by atoms with Crippen molar-refractivity contribution in [2.24, 2.45) is 0 Å². The zero-order valence-electron chi connectivity index (χ0n) is 16.9. The summed E-state index contributed by atoms with van der Waals surface area (Å²) in [7, 11) is 0. The van der Waals surface area contributed by atoms with Crippen LogP contribution in [-0.2, 0) is 9.59 Å². The molecule has 152 valence electrons. The monoisotopic (exact) mass is 395 g/mol. The van der Waals surface area contributed by atoms with Gasteiger partial charge in [0.15, 0.2) is 6.61 Å². The van der Waals surface area contributed by atoms with E-state index in [4.69, 9.17) is 4.74 Å². The Bertz CT molecular complexity index is 937. The molecule has 0 bridgehead atoms. The van der Waals surface area contributed by atoms with E-state index in [1.54, 1.807) is 29.2 Å². The number of nitrogens with zero attached hydrogens (tertiary/aromatic N) is 2. The van der Waals surface area contributed by atoms with Gasteiger partial charge >= 0.3 is 0 Å². The largest absolute Gasteiger partial charge is 0.482 e. The maximum atomic E-state index is 12.6. The molecule has 0 unspecified atom stereocenters. The Balaban J connectivity index is 1.85. The summed E-state index contributed by atoms with van der Waals surface area (Å²) in [5.74, 6) is -0.159. The Kier molecular flexibility index (Phi) is 6.16. The maximum Gasteiger partial charge on any atom is 0.265 e. The first-order valence-electron chi connectivity index (χ1n) is 9.66. The van der Waals surface area contributed by atoms with Crippen LogP contribution in [0.2, 0.25) is 0 Å². The molecule has 1 heterocycles. The van der Waals surface area contributed by atoms with E-state index in [1.165, 1.54) is 4.90 Å². The first-order valence-corrected chi connectivity index (χ1v) is 9.66. The minimum atomic E-state index is -0.291. The quantitative estimate of drug-likeness (QED) is 0.816. The highest BCUT2D eigenvalue weighted by molar-refractivity contribution is 6.07. The third-order valence-corrected chi connectivity index (χ3v) is 4.96. The number of aryl methyl sites for hydroxylation is 1. The standard InChI is InChI=1S/C22H25N3O4/c1-4-24(5-2)20(26)13-25-18-12-16(10-11-19(18)29-14-21(25)27)23-22(28)17-9-7-6-8-15(17)3/h6-12H,4-5,13-14H2,1-3H3,(H,23,28). The summed E-state index contributed by atoms with van der Waals surface area (Å²) < 4.78 is 5.50. The van der Waals surface area contributed by atoms with Crippen molar-refractivity contribution >= 4 is 29.1 Å². The molecule has 7 nitrogen and oxygen atoms in total. The van der Waals surface area contributed by atoms with E-state index < -0.39 is 0 Å². The highest BCUT2D eigenvalue weighted by Crippen LogP contribution is 2.34. The van der Waals surface area contributed by atoms with E-state index in [2.05, 4.69) is 5.32 Å². The molecule has 2 aromatic carbocycles. The SMILES string of the molecule is CCN(CC)C(=O)CN1C(=O)COc2ccc(NC(=O)c3ccccc3C)cc21. The Morgan fingerprint density at radius 3 is 2.55 bits per heavy atom. The minimum absolute atomic E-state index is 0.0634. The molecule has 1 aliphatic heterocycles. The molecule has 29 heavy (non-hydrogen) atoms. The number of hydrogen-bond acceptors (Lipinski definition) is 4. The van der Waals surface area contributed by atoms with Crippen molar-refractivity contribution in [2.75, 3.05) is 36.5 Å². The fourth-order valence-corrected chi connectivity index (χ4v) is 3.29. The van der Waals surface area contributed by atoms with Crippen molar-refractivity contribution in [1.82, 2.24) is 4.90 Å². The lowest BCUT2D eigenvalue weighted by atomic mass is 10.1. The third kappa shape index (κ3) is 4.39. The topological polar surface area (TPSA) is 79.0 Å². The smallest absolute Gasteiger partial charge is 0.265 e.